The Hall–Kier alpha value is -3.33. The summed E-state index contributed by atoms with van der Waals surface area (Å²) in [5, 5.41) is 7.98. The van der Waals surface area contributed by atoms with Crippen LogP contribution in [0.15, 0.2) is 30.3 Å². The van der Waals surface area contributed by atoms with Gasteiger partial charge in [-0.15, -0.1) is 5.10 Å². The monoisotopic (exact) mass is 429 g/mol. The maximum absolute atomic E-state index is 5.03. The Balaban J connectivity index is 1.39. The number of para-hydroxylation sites is 2. The predicted octanol–water partition coefficient (Wildman–Crippen LogP) is 2.24. The fourth-order valence-corrected chi connectivity index (χ4v) is 4.79. The maximum atomic E-state index is 5.03. The zero-order chi connectivity index (χ0) is 21.8. The molecule has 0 amide bonds. The number of imidazole rings is 1. The molecule has 1 aliphatic carbocycles. The van der Waals surface area contributed by atoms with E-state index >= 15 is 0 Å². The Labute approximate surface area is 186 Å². The summed E-state index contributed by atoms with van der Waals surface area (Å²) in [6.07, 6.45) is 1.05. The normalized spacial score (nSPS) is 20.8. The van der Waals surface area contributed by atoms with Gasteiger partial charge in [-0.3, -0.25) is 0 Å². The van der Waals surface area contributed by atoms with Gasteiger partial charge < -0.3 is 14.8 Å². The van der Waals surface area contributed by atoms with Crippen molar-refractivity contribution in [1.82, 2.24) is 39.6 Å². The molecule has 32 heavy (non-hydrogen) atoms. The van der Waals surface area contributed by atoms with Crippen LogP contribution in [0.1, 0.15) is 41.4 Å². The summed E-state index contributed by atoms with van der Waals surface area (Å²) in [7, 11) is 2.11. The molecule has 0 unspecified atom stereocenters. The second-order valence-corrected chi connectivity index (χ2v) is 8.77. The summed E-state index contributed by atoms with van der Waals surface area (Å²) in [4.78, 5) is 21.6. The van der Waals surface area contributed by atoms with Crippen molar-refractivity contribution in [2.75, 3.05) is 31.1 Å². The van der Waals surface area contributed by atoms with Gasteiger partial charge in [-0.2, -0.15) is 9.67 Å². The van der Waals surface area contributed by atoms with Crippen molar-refractivity contribution in [3.05, 3.63) is 53.5 Å². The molecule has 1 saturated carbocycles. The third-order valence-electron chi connectivity index (χ3n) is 6.54. The number of nitrogens with zero attached hydrogens (tertiary/aromatic N) is 8. The van der Waals surface area contributed by atoms with E-state index in [-0.39, 0.29) is 0 Å². The fraction of sp³-hybridized carbons (Fsp3) is 0.435. The first kappa shape index (κ1) is 19.4. The molecule has 6 rings (SSSR count). The molecule has 0 bridgehead atoms. The number of aromatic nitrogens is 7. The summed E-state index contributed by atoms with van der Waals surface area (Å²) >= 11 is 0. The van der Waals surface area contributed by atoms with E-state index in [0.717, 1.165) is 73.0 Å². The second-order valence-electron chi connectivity index (χ2n) is 8.77. The van der Waals surface area contributed by atoms with E-state index in [1.807, 2.05) is 24.6 Å². The van der Waals surface area contributed by atoms with Gasteiger partial charge in [0.15, 0.2) is 5.82 Å². The zero-order valence-corrected chi connectivity index (χ0v) is 18.7. The van der Waals surface area contributed by atoms with Crippen molar-refractivity contribution in [2.24, 2.45) is 7.05 Å². The maximum Gasteiger partial charge on any atom is 0.227 e. The lowest BCUT2D eigenvalue weighted by atomic mass is 10.2. The molecule has 164 valence electrons. The first-order valence-electron chi connectivity index (χ1n) is 11.2. The average molecular weight is 430 g/mol. The number of benzene rings is 1. The lowest BCUT2D eigenvalue weighted by Gasteiger charge is -2.28. The van der Waals surface area contributed by atoms with Crippen LogP contribution in [0.2, 0.25) is 0 Å². The summed E-state index contributed by atoms with van der Waals surface area (Å²) in [6.45, 7) is 7.55. The third kappa shape index (κ3) is 3.24. The Morgan fingerprint density at radius 2 is 1.78 bits per heavy atom. The zero-order valence-electron chi connectivity index (χ0n) is 18.7. The van der Waals surface area contributed by atoms with Crippen LogP contribution in [-0.4, -0.2) is 60.5 Å². The van der Waals surface area contributed by atoms with Crippen LogP contribution in [-0.2, 0) is 7.05 Å². The molecule has 3 aromatic heterocycles. The van der Waals surface area contributed by atoms with Crippen LogP contribution in [0.5, 0.6) is 0 Å². The minimum absolute atomic E-state index is 0.332. The first-order chi connectivity index (χ1) is 15.6. The van der Waals surface area contributed by atoms with Gasteiger partial charge in [0, 0.05) is 51.1 Å². The Bertz CT molecular complexity index is 1300. The number of aryl methyl sites for hydroxylation is 3. The number of nitrogens with one attached hydrogen (secondary N) is 1. The summed E-state index contributed by atoms with van der Waals surface area (Å²) in [5.74, 6) is 4.98. The molecule has 0 radical (unpaired) electrons. The quantitative estimate of drug-likeness (QED) is 0.532. The van der Waals surface area contributed by atoms with E-state index in [0.29, 0.717) is 11.8 Å². The minimum atomic E-state index is 0.332. The van der Waals surface area contributed by atoms with Crippen molar-refractivity contribution in [1.29, 1.82) is 0 Å². The molecule has 2 fully saturated rings. The highest BCUT2D eigenvalue weighted by Gasteiger charge is 2.44. The van der Waals surface area contributed by atoms with Gasteiger partial charge in [0.2, 0.25) is 5.95 Å². The van der Waals surface area contributed by atoms with Gasteiger partial charge >= 0.3 is 0 Å². The van der Waals surface area contributed by atoms with E-state index < -0.39 is 0 Å². The van der Waals surface area contributed by atoms with Crippen LogP contribution in [0.4, 0.5) is 5.95 Å². The smallest absolute Gasteiger partial charge is 0.227 e. The molecule has 1 aromatic carbocycles. The summed E-state index contributed by atoms with van der Waals surface area (Å²) in [6, 6.07) is 10.4. The van der Waals surface area contributed by atoms with Crippen LogP contribution in [0.25, 0.3) is 16.9 Å². The number of anilines is 1. The Morgan fingerprint density at radius 3 is 2.53 bits per heavy atom. The summed E-state index contributed by atoms with van der Waals surface area (Å²) < 4.78 is 4.06. The minimum Gasteiger partial charge on any atom is -0.338 e. The number of fused-ring (bicyclic) bond motifs is 1. The van der Waals surface area contributed by atoms with E-state index in [1.54, 1.807) is 0 Å². The van der Waals surface area contributed by atoms with Gasteiger partial charge in [0.05, 0.1) is 16.7 Å². The van der Waals surface area contributed by atoms with Gasteiger partial charge in [-0.05, 0) is 32.4 Å². The third-order valence-corrected chi connectivity index (χ3v) is 6.54. The first-order valence-corrected chi connectivity index (χ1v) is 11.2. The lowest BCUT2D eigenvalue weighted by molar-refractivity contribution is 0.577. The number of piperazine rings is 1. The molecule has 1 aliphatic heterocycles. The average Bonchev–Trinajstić information content (AvgIpc) is 3.44. The molecule has 9 nitrogen and oxygen atoms in total. The molecule has 4 aromatic rings. The highest BCUT2D eigenvalue weighted by Crippen LogP contribution is 2.54. The van der Waals surface area contributed by atoms with Crippen molar-refractivity contribution in [3.63, 3.8) is 0 Å². The molecule has 0 spiro atoms. The van der Waals surface area contributed by atoms with Crippen LogP contribution < -0.4 is 10.2 Å². The molecule has 1 saturated heterocycles. The molecule has 4 heterocycles. The SMILES string of the molecule is Cc1nc(C)n(-c2cc([C@@H]3C[C@H]3c3nc4ccccc4n3C)nc(N3CCNCC3)n2)n1. The van der Waals surface area contributed by atoms with Gasteiger partial charge in [0.25, 0.3) is 0 Å². The van der Waals surface area contributed by atoms with Gasteiger partial charge in [-0.1, -0.05) is 12.1 Å². The van der Waals surface area contributed by atoms with E-state index in [1.165, 1.54) is 5.52 Å². The van der Waals surface area contributed by atoms with Crippen molar-refractivity contribution >= 4 is 17.0 Å². The standard InChI is InChI=1S/C23H27N9/c1-14-25-15(2)32(29-14)21-13-19(27-23(28-21)31-10-8-24-9-11-31)16-12-17(16)22-26-18-6-4-5-7-20(18)30(22)3/h4-7,13,16-17,24H,8-12H2,1-3H3/t16-,17-/m1/s1. The van der Waals surface area contributed by atoms with Gasteiger partial charge in [-0.25, -0.2) is 15.0 Å². The predicted molar refractivity (Wildman–Crippen MR) is 122 cm³/mol. The fourth-order valence-electron chi connectivity index (χ4n) is 4.79. The molecular formula is C23H27N9. The number of hydrogen-bond donors (Lipinski definition) is 1. The highest BCUT2D eigenvalue weighted by molar-refractivity contribution is 5.76. The van der Waals surface area contributed by atoms with E-state index in [9.17, 15) is 0 Å². The highest BCUT2D eigenvalue weighted by atomic mass is 15.4. The molecular weight excluding hydrogens is 402 g/mol. The number of rotatable bonds is 4. The Morgan fingerprint density at radius 1 is 0.969 bits per heavy atom. The van der Waals surface area contributed by atoms with Gasteiger partial charge in [0.1, 0.15) is 17.5 Å². The van der Waals surface area contributed by atoms with E-state index in [2.05, 4.69) is 56.2 Å². The van der Waals surface area contributed by atoms with Crippen LogP contribution in [0.3, 0.4) is 0 Å². The van der Waals surface area contributed by atoms with E-state index in [4.69, 9.17) is 15.0 Å². The van der Waals surface area contributed by atoms with Crippen molar-refractivity contribution < 1.29 is 0 Å². The summed E-state index contributed by atoms with van der Waals surface area (Å²) in [5.41, 5.74) is 3.29. The molecule has 2 atom stereocenters. The molecule has 2 aliphatic rings. The van der Waals surface area contributed by atoms with Crippen LogP contribution >= 0.6 is 0 Å². The van der Waals surface area contributed by atoms with Crippen molar-refractivity contribution in [2.45, 2.75) is 32.1 Å². The van der Waals surface area contributed by atoms with Crippen LogP contribution in [0, 0.1) is 13.8 Å². The topological polar surface area (TPSA) is 89.6 Å². The van der Waals surface area contributed by atoms with Crippen molar-refractivity contribution in [3.8, 4) is 5.82 Å². The number of hydrogen-bond acceptors (Lipinski definition) is 7. The molecule has 1 N–H and O–H groups in total. The molecule has 9 heteroatoms. The lowest BCUT2D eigenvalue weighted by Crippen LogP contribution is -2.44. The Kier molecular flexibility index (Phi) is 4.46. The largest absolute Gasteiger partial charge is 0.338 e. The second kappa shape index (κ2) is 7.37.